The Labute approximate surface area is 154 Å². The van der Waals surface area contributed by atoms with Gasteiger partial charge in [0.2, 0.25) is 0 Å². The van der Waals surface area contributed by atoms with Gasteiger partial charge in [-0.05, 0) is 26.8 Å². The molecule has 1 saturated heterocycles. The Balaban J connectivity index is 1.64. The van der Waals surface area contributed by atoms with Crippen molar-refractivity contribution in [1.29, 1.82) is 0 Å². The van der Waals surface area contributed by atoms with Crippen molar-refractivity contribution in [3.8, 4) is 0 Å². The van der Waals surface area contributed by atoms with Crippen molar-refractivity contribution >= 4 is 33.5 Å². The standard InChI is InChI=1S/C17H21N5OS2/c1-12(15-18-5-9-24-15)20(2)11-13-14(16(23)21-6-3-4-7-21)19-17-22(13)8-10-25-17/h5,8-10,12H,3-4,6-7,11H2,1-2H3/t12-/m1/s1. The first-order valence-corrected chi connectivity index (χ1v) is 10.2. The van der Waals surface area contributed by atoms with E-state index >= 15 is 0 Å². The van der Waals surface area contributed by atoms with Crippen LogP contribution in [0.15, 0.2) is 23.2 Å². The number of nitrogens with zero attached hydrogens (tertiary/aromatic N) is 5. The quantitative estimate of drug-likeness (QED) is 0.687. The molecule has 1 amide bonds. The van der Waals surface area contributed by atoms with Gasteiger partial charge < -0.3 is 4.90 Å². The molecule has 0 radical (unpaired) electrons. The number of amides is 1. The van der Waals surface area contributed by atoms with E-state index in [0.29, 0.717) is 12.2 Å². The van der Waals surface area contributed by atoms with Crippen molar-refractivity contribution in [2.45, 2.75) is 32.4 Å². The summed E-state index contributed by atoms with van der Waals surface area (Å²) >= 11 is 3.23. The number of carbonyl (C=O) groups excluding carboxylic acids is 1. The molecule has 3 aromatic rings. The molecule has 4 heterocycles. The van der Waals surface area contributed by atoms with Crippen LogP contribution in [0.5, 0.6) is 0 Å². The average Bonchev–Trinajstić information content (AvgIpc) is 3.37. The molecule has 1 aliphatic rings. The van der Waals surface area contributed by atoms with E-state index in [-0.39, 0.29) is 11.9 Å². The molecular formula is C17H21N5OS2. The fourth-order valence-corrected chi connectivity index (χ4v) is 4.72. The number of hydrogen-bond donors (Lipinski definition) is 0. The fraction of sp³-hybridized carbons (Fsp3) is 0.471. The maximum Gasteiger partial charge on any atom is 0.274 e. The molecule has 0 unspecified atom stereocenters. The molecular weight excluding hydrogens is 354 g/mol. The van der Waals surface area contributed by atoms with Gasteiger partial charge in [0.05, 0.1) is 11.7 Å². The minimum Gasteiger partial charge on any atom is -0.337 e. The topological polar surface area (TPSA) is 53.7 Å². The second kappa shape index (κ2) is 6.86. The summed E-state index contributed by atoms with van der Waals surface area (Å²) in [6.07, 6.45) is 6.02. The molecule has 0 saturated carbocycles. The summed E-state index contributed by atoms with van der Waals surface area (Å²) in [7, 11) is 2.07. The van der Waals surface area contributed by atoms with Crippen LogP contribution in [-0.4, -0.2) is 50.2 Å². The number of aromatic nitrogens is 3. The molecule has 0 N–H and O–H groups in total. The number of rotatable bonds is 5. The van der Waals surface area contributed by atoms with Crippen LogP contribution >= 0.6 is 22.7 Å². The van der Waals surface area contributed by atoms with Crippen molar-refractivity contribution in [3.63, 3.8) is 0 Å². The second-order valence-corrected chi connectivity index (χ2v) is 8.22. The molecule has 1 atom stereocenters. The molecule has 6 nitrogen and oxygen atoms in total. The van der Waals surface area contributed by atoms with E-state index in [9.17, 15) is 4.79 Å². The zero-order chi connectivity index (χ0) is 17.4. The van der Waals surface area contributed by atoms with Crippen molar-refractivity contribution in [2.24, 2.45) is 0 Å². The largest absolute Gasteiger partial charge is 0.337 e. The highest BCUT2D eigenvalue weighted by molar-refractivity contribution is 7.15. The normalized spacial score (nSPS) is 16.2. The third-order valence-corrected chi connectivity index (χ3v) is 6.53. The summed E-state index contributed by atoms with van der Waals surface area (Å²) in [6.45, 7) is 4.49. The number of imidazole rings is 1. The lowest BCUT2D eigenvalue weighted by molar-refractivity contribution is 0.0785. The van der Waals surface area contributed by atoms with Crippen LogP contribution in [0, 0.1) is 0 Å². The van der Waals surface area contributed by atoms with Crippen LogP contribution in [0.3, 0.4) is 0 Å². The highest BCUT2D eigenvalue weighted by Crippen LogP contribution is 2.26. The molecule has 1 fully saturated rings. The lowest BCUT2D eigenvalue weighted by Gasteiger charge is -2.23. The number of thiazole rings is 2. The minimum atomic E-state index is 0.0682. The molecule has 0 aliphatic carbocycles. The second-order valence-electron chi connectivity index (χ2n) is 6.42. The number of hydrogen-bond acceptors (Lipinski definition) is 6. The monoisotopic (exact) mass is 375 g/mol. The third kappa shape index (κ3) is 3.09. The molecule has 0 bridgehead atoms. The van der Waals surface area contributed by atoms with Gasteiger partial charge in [-0.1, -0.05) is 0 Å². The Morgan fingerprint density at radius 1 is 1.32 bits per heavy atom. The van der Waals surface area contributed by atoms with Gasteiger partial charge in [0.15, 0.2) is 10.7 Å². The Morgan fingerprint density at radius 3 is 2.84 bits per heavy atom. The summed E-state index contributed by atoms with van der Waals surface area (Å²) in [5.74, 6) is 0.0682. The minimum absolute atomic E-state index is 0.0682. The van der Waals surface area contributed by atoms with Crippen molar-refractivity contribution in [2.75, 3.05) is 20.1 Å². The van der Waals surface area contributed by atoms with Crippen molar-refractivity contribution in [3.05, 3.63) is 39.5 Å². The van der Waals surface area contributed by atoms with E-state index in [2.05, 4.69) is 33.2 Å². The predicted molar refractivity (Wildman–Crippen MR) is 100 cm³/mol. The van der Waals surface area contributed by atoms with Gasteiger partial charge in [-0.15, -0.1) is 22.7 Å². The molecule has 8 heteroatoms. The molecule has 4 rings (SSSR count). The fourth-order valence-electron chi connectivity index (χ4n) is 3.23. The van der Waals surface area contributed by atoms with Crippen LogP contribution in [0.2, 0.25) is 0 Å². The average molecular weight is 376 g/mol. The van der Waals surface area contributed by atoms with Gasteiger partial charge in [0.25, 0.3) is 5.91 Å². The third-order valence-electron chi connectivity index (χ3n) is 4.83. The Hall–Kier alpha value is -1.77. The van der Waals surface area contributed by atoms with Crippen molar-refractivity contribution < 1.29 is 4.79 Å². The van der Waals surface area contributed by atoms with Gasteiger partial charge in [-0.2, -0.15) is 0 Å². The first-order valence-electron chi connectivity index (χ1n) is 8.48. The SMILES string of the molecule is C[C@H](c1nccs1)N(C)Cc1c(C(=O)N2CCCC2)nc2sccn12. The lowest BCUT2D eigenvalue weighted by Crippen LogP contribution is -2.30. The van der Waals surface area contributed by atoms with Gasteiger partial charge >= 0.3 is 0 Å². The molecule has 0 spiro atoms. The summed E-state index contributed by atoms with van der Waals surface area (Å²) < 4.78 is 2.05. The zero-order valence-electron chi connectivity index (χ0n) is 14.4. The first kappa shape index (κ1) is 16.7. The maximum atomic E-state index is 12.9. The van der Waals surface area contributed by atoms with Crippen LogP contribution < -0.4 is 0 Å². The van der Waals surface area contributed by atoms with E-state index in [0.717, 1.165) is 41.6 Å². The molecule has 25 heavy (non-hydrogen) atoms. The van der Waals surface area contributed by atoms with Gasteiger partial charge in [0, 0.05) is 42.8 Å². The van der Waals surface area contributed by atoms with E-state index in [1.807, 2.05) is 28.1 Å². The molecule has 0 aromatic carbocycles. The molecule has 3 aromatic heterocycles. The van der Waals surface area contributed by atoms with E-state index in [1.165, 1.54) is 0 Å². The Morgan fingerprint density at radius 2 is 2.12 bits per heavy atom. The Kier molecular flexibility index (Phi) is 4.58. The van der Waals surface area contributed by atoms with Crippen LogP contribution in [-0.2, 0) is 6.54 Å². The van der Waals surface area contributed by atoms with E-state index in [1.54, 1.807) is 22.7 Å². The number of carbonyl (C=O) groups is 1. The highest BCUT2D eigenvalue weighted by Gasteiger charge is 2.27. The number of likely N-dealkylation sites (tertiary alicyclic amines) is 1. The number of fused-ring (bicyclic) bond motifs is 1. The summed E-state index contributed by atoms with van der Waals surface area (Å²) in [4.78, 5) is 27.0. The maximum absolute atomic E-state index is 12.9. The van der Waals surface area contributed by atoms with Gasteiger partial charge in [-0.3, -0.25) is 14.1 Å². The lowest BCUT2D eigenvalue weighted by atomic mass is 10.2. The summed E-state index contributed by atoms with van der Waals surface area (Å²) in [6, 6.07) is 0.193. The van der Waals surface area contributed by atoms with Crippen LogP contribution in [0.4, 0.5) is 0 Å². The van der Waals surface area contributed by atoms with Crippen LogP contribution in [0.1, 0.15) is 47.0 Å². The van der Waals surface area contributed by atoms with Gasteiger partial charge in [0.1, 0.15) is 5.01 Å². The molecule has 132 valence electrons. The molecule has 1 aliphatic heterocycles. The zero-order valence-corrected chi connectivity index (χ0v) is 16.0. The highest BCUT2D eigenvalue weighted by atomic mass is 32.1. The summed E-state index contributed by atoms with van der Waals surface area (Å²) in [5, 5.41) is 5.10. The predicted octanol–water partition coefficient (Wildman–Crippen LogP) is 3.28. The van der Waals surface area contributed by atoms with Crippen LogP contribution in [0.25, 0.3) is 4.96 Å². The van der Waals surface area contributed by atoms with E-state index in [4.69, 9.17) is 0 Å². The van der Waals surface area contributed by atoms with Crippen molar-refractivity contribution in [1.82, 2.24) is 24.2 Å². The van der Waals surface area contributed by atoms with Gasteiger partial charge in [-0.25, -0.2) is 9.97 Å². The smallest absolute Gasteiger partial charge is 0.274 e. The van der Waals surface area contributed by atoms with E-state index < -0.39 is 0 Å². The summed E-state index contributed by atoms with van der Waals surface area (Å²) in [5.41, 5.74) is 1.57. The first-order chi connectivity index (χ1) is 12.1. The Bertz CT molecular complexity index is 863.